The summed E-state index contributed by atoms with van der Waals surface area (Å²) < 4.78 is 9.50. The molecule has 0 aliphatic carbocycles. The highest BCUT2D eigenvalue weighted by Gasteiger charge is 2.21. The van der Waals surface area contributed by atoms with Gasteiger partial charge in [-0.2, -0.15) is 4.98 Å². The molecule has 1 aliphatic heterocycles. The number of rotatable bonds is 7. The van der Waals surface area contributed by atoms with E-state index >= 15 is 0 Å². The van der Waals surface area contributed by atoms with E-state index in [2.05, 4.69) is 57.1 Å². The highest BCUT2D eigenvalue weighted by molar-refractivity contribution is 5.66. The molecule has 1 saturated heterocycles. The quantitative estimate of drug-likeness (QED) is 0.387. The van der Waals surface area contributed by atoms with Crippen LogP contribution in [-0.4, -0.2) is 56.9 Å². The Balaban J connectivity index is 0.000000384. The lowest BCUT2D eigenvalue weighted by Gasteiger charge is -2.33. The number of nitrogens with two attached hydrogens (primary N) is 1. The van der Waals surface area contributed by atoms with Gasteiger partial charge in [0.15, 0.2) is 5.82 Å². The molecule has 0 atom stereocenters. The summed E-state index contributed by atoms with van der Waals surface area (Å²) in [5.41, 5.74) is 8.46. The number of alkyl halides is 1. The Kier molecular flexibility index (Phi) is 12.2. The first-order valence-corrected chi connectivity index (χ1v) is 11.6. The summed E-state index contributed by atoms with van der Waals surface area (Å²) in [7, 11) is 4.55. The molecule has 3 aromatic rings. The van der Waals surface area contributed by atoms with E-state index in [1.807, 2.05) is 49.6 Å². The maximum absolute atomic E-state index is 9.50. The summed E-state index contributed by atoms with van der Waals surface area (Å²) in [6.45, 7) is 2.95. The molecule has 2 heterocycles. The number of hydrogen-bond donors (Lipinski definition) is 4. The fraction of sp³-hybridized carbons (Fsp3) is 0.385. The minimum atomic E-state index is 0.500. The lowest BCUT2D eigenvalue weighted by molar-refractivity contribution is 0.442. The molecule has 0 saturated carbocycles. The Hall–Kier alpha value is -3.39. The highest BCUT2D eigenvalue weighted by atomic mass is 19.1. The molecule has 8 heteroatoms. The van der Waals surface area contributed by atoms with Crippen LogP contribution >= 0.6 is 0 Å². The van der Waals surface area contributed by atoms with Crippen molar-refractivity contribution in [1.29, 1.82) is 0 Å². The van der Waals surface area contributed by atoms with Crippen LogP contribution in [-0.2, 0) is 6.42 Å². The zero-order valence-corrected chi connectivity index (χ0v) is 20.5. The molecule has 0 unspecified atom stereocenters. The number of nitrogens with zero attached hydrogens (tertiary/aromatic N) is 3. The van der Waals surface area contributed by atoms with Crippen molar-refractivity contribution >= 4 is 23.1 Å². The third-order valence-corrected chi connectivity index (χ3v) is 5.57. The van der Waals surface area contributed by atoms with Crippen LogP contribution in [0.15, 0.2) is 66.9 Å². The monoisotopic (exact) mass is 467 g/mol. The number of anilines is 4. The molecular weight excluding hydrogens is 429 g/mol. The van der Waals surface area contributed by atoms with Crippen LogP contribution in [0.3, 0.4) is 0 Å². The first-order valence-electron chi connectivity index (χ1n) is 11.6. The van der Waals surface area contributed by atoms with Crippen molar-refractivity contribution in [1.82, 2.24) is 15.3 Å². The standard InChI is InChI=1S/C19H28N6.C6H7N.CH3F/c1-20-17-14-23-19(22-13-8-15-6-4-3-5-7-15)24-18(17)25(2)16-9-11-21-12-10-16;7-6-4-2-1-3-5-6;1-2/h3-7,14,16,20-21H,8-13H2,1-2H3,(H,22,23,24);1-5H,7H2;1H3. The third-order valence-electron chi connectivity index (χ3n) is 5.57. The molecule has 4 rings (SSSR count). The average molecular weight is 468 g/mol. The van der Waals surface area contributed by atoms with Crippen molar-refractivity contribution < 1.29 is 4.39 Å². The molecule has 0 amide bonds. The summed E-state index contributed by atoms with van der Waals surface area (Å²) in [5.74, 6) is 1.65. The lowest BCUT2D eigenvalue weighted by atomic mass is 10.1. The Morgan fingerprint density at radius 3 is 2.21 bits per heavy atom. The topological polar surface area (TPSA) is 91.1 Å². The van der Waals surface area contributed by atoms with Crippen LogP contribution in [0.4, 0.5) is 27.5 Å². The van der Waals surface area contributed by atoms with E-state index in [1.54, 1.807) is 0 Å². The molecule has 1 fully saturated rings. The Labute approximate surface area is 203 Å². The van der Waals surface area contributed by atoms with Crippen molar-refractivity contribution in [2.75, 3.05) is 62.2 Å². The minimum Gasteiger partial charge on any atom is -0.399 e. The van der Waals surface area contributed by atoms with Gasteiger partial charge in [0, 0.05) is 32.4 Å². The zero-order valence-electron chi connectivity index (χ0n) is 20.5. The van der Waals surface area contributed by atoms with E-state index in [0.717, 1.165) is 56.1 Å². The highest BCUT2D eigenvalue weighted by Crippen LogP contribution is 2.26. The van der Waals surface area contributed by atoms with Crippen LogP contribution in [0.25, 0.3) is 0 Å². The Bertz CT molecular complexity index is 919. The van der Waals surface area contributed by atoms with Gasteiger partial charge in [-0.05, 0) is 50.0 Å². The molecular formula is C26H38FN7. The van der Waals surface area contributed by atoms with Crippen molar-refractivity contribution in [3.05, 3.63) is 72.4 Å². The average Bonchev–Trinajstić information content (AvgIpc) is 2.91. The summed E-state index contributed by atoms with van der Waals surface area (Å²) in [6, 6.07) is 20.5. The van der Waals surface area contributed by atoms with E-state index in [0.29, 0.717) is 19.2 Å². The maximum atomic E-state index is 9.50. The van der Waals surface area contributed by atoms with Crippen molar-refractivity contribution in [2.24, 2.45) is 0 Å². The first kappa shape index (κ1) is 26.9. The zero-order chi connectivity index (χ0) is 24.6. The van der Waals surface area contributed by atoms with Gasteiger partial charge >= 0.3 is 0 Å². The summed E-state index contributed by atoms with van der Waals surface area (Å²) >= 11 is 0. The van der Waals surface area contributed by atoms with Gasteiger partial charge in [0.25, 0.3) is 0 Å². The van der Waals surface area contributed by atoms with Gasteiger partial charge in [-0.25, -0.2) is 4.98 Å². The van der Waals surface area contributed by atoms with E-state index < -0.39 is 0 Å². The number of nitrogens with one attached hydrogen (secondary N) is 3. The molecule has 5 N–H and O–H groups in total. The van der Waals surface area contributed by atoms with Gasteiger partial charge in [-0.3, -0.25) is 4.39 Å². The fourth-order valence-electron chi connectivity index (χ4n) is 3.69. The van der Waals surface area contributed by atoms with Gasteiger partial charge in [-0.1, -0.05) is 48.5 Å². The van der Waals surface area contributed by atoms with E-state index in [4.69, 9.17) is 10.7 Å². The van der Waals surface area contributed by atoms with Crippen LogP contribution in [0.5, 0.6) is 0 Å². The predicted molar refractivity (Wildman–Crippen MR) is 142 cm³/mol. The number of benzene rings is 2. The molecule has 0 bridgehead atoms. The number of para-hydroxylation sites is 1. The van der Waals surface area contributed by atoms with Crippen molar-refractivity contribution in [2.45, 2.75) is 25.3 Å². The van der Waals surface area contributed by atoms with Crippen molar-refractivity contribution in [3.8, 4) is 0 Å². The second kappa shape index (κ2) is 15.4. The van der Waals surface area contributed by atoms with Gasteiger partial charge in [0.2, 0.25) is 5.95 Å². The minimum absolute atomic E-state index is 0.500. The van der Waals surface area contributed by atoms with E-state index in [1.165, 1.54) is 5.56 Å². The maximum Gasteiger partial charge on any atom is 0.224 e. The van der Waals surface area contributed by atoms with Crippen LogP contribution in [0, 0.1) is 0 Å². The smallest absolute Gasteiger partial charge is 0.224 e. The summed E-state index contributed by atoms with van der Waals surface area (Å²) in [5, 5.41) is 9.99. The van der Waals surface area contributed by atoms with Gasteiger partial charge in [-0.15, -0.1) is 0 Å². The molecule has 1 aromatic heterocycles. The first-order chi connectivity index (χ1) is 16.7. The van der Waals surface area contributed by atoms with Crippen LogP contribution < -0.4 is 26.6 Å². The van der Waals surface area contributed by atoms with Gasteiger partial charge < -0.3 is 26.6 Å². The lowest BCUT2D eigenvalue weighted by Crippen LogP contribution is -2.41. The molecule has 7 nitrogen and oxygen atoms in total. The number of halogens is 1. The molecule has 1 aliphatic rings. The second-order valence-corrected chi connectivity index (χ2v) is 7.85. The van der Waals surface area contributed by atoms with Gasteiger partial charge in [0.05, 0.1) is 19.1 Å². The number of nitrogen functional groups attached to an aromatic ring is 1. The third kappa shape index (κ3) is 8.86. The number of aromatic nitrogens is 2. The molecule has 2 aromatic carbocycles. The number of piperidine rings is 1. The summed E-state index contributed by atoms with van der Waals surface area (Å²) in [6.07, 6.45) is 5.10. The Morgan fingerprint density at radius 2 is 1.65 bits per heavy atom. The van der Waals surface area contributed by atoms with Crippen LogP contribution in [0.1, 0.15) is 18.4 Å². The SMILES string of the molecule is CF.CNc1cnc(NCCc2ccccc2)nc1N(C)C1CCNCC1.Nc1ccccc1. The largest absolute Gasteiger partial charge is 0.399 e. The molecule has 0 radical (unpaired) electrons. The molecule has 34 heavy (non-hydrogen) atoms. The van der Waals surface area contributed by atoms with Crippen LogP contribution in [0.2, 0.25) is 0 Å². The summed E-state index contributed by atoms with van der Waals surface area (Å²) in [4.78, 5) is 11.5. The molecule has 184 valence electrons. The number of hydrogen-bond acceptors (Lipinski definition) is 7. The van der Waals surface area contributed by atoms with Crippen molar-refractivity contribution in [3.63, 3.8) is 0 Å². The molecule has 0 spiro atoms. The van der Waals surface area contributed by atoms with Gasteiger partial charge in [0.1, 0.15) is 0 Å². The fourth-order valence-corrected chi connectivity index (χ4v) is 3.69. The van der Waals surface area contributed by atoms with E-state index in [-0.39, 0.29) is 0 Å². The predicted octanol–water partition coefficient (Wildman–Crippen LogP) is 4.22. The Morgan fingerprint density at radius 1 is 1.03 bits per heavy atom. The second-order valence-electron chi connectivity index (χ2n) is 7.85. The van der Waals surface area contributed by atoms with E-state index in [9.17, 15) is 4.39 Å². The normalized spacial score (nSPS) is 12.9.